The van der Waals surface area contributed by atoms with Crippen molar-refractivity contribution in [3.8, 4) is 0 Å². The van der Waals surface area contributed by atoms with Gasteiger partial charge in [0, 0.05) is 25.8 Å². The number of carbonyl (C=O) groups excluding carboxylic acids is 1. The van der Waals surface area contributed by atoms with Crippen molar-refractivity contribution in [2.75, 3.05) is 18.9 Å². The van der Waals surface area contributed by atoms with E-state index in [1.807, 2.05) is 14.0 Å². The number of rotatable bonds is 6. The van der Waals surface area contributed by atoms with E-state index in [1.165, 1.54) is 0 Å². The van der Waals surface area contributed by atoms with Gasteiger partial charge in [-0.15, -0.1) is 0 Å². The summed E-state index contributed by atoms with van der Waals surface area (Å²) in [6, 6.07) is 1.92. The van der Waals surface area contributed by atoms with E-state index in [1.54, 1.807) is 17.2 Å². The molecule has 0 aliphatic heterocycles. The smallest absolute Gasteiger partial charge is 0.255 e. The number of anilines is 1. The number of aromatic nitrogens is 1. The fourth-order valence-corrected chi connectivity index (χ4v) is 2.29. The van der Waals surface area contributed by atoms with Gasteiger partial charge in [0.05, 0.1) is 10.6 Å². The lowest BCUT2D eigenvalue weighted by molar-refractivity contribution is 0.0723. The Labute approximate surface area is 120 Å². The van der Waals surface area contributed by atoms with Crippen molar-refractivity contribution in [3.05, 3.63) is 22.8 Å². The molecule has 0 spiro atoms. The van der Waals surface area contributed by atoms with Crippen molar-refractivity contribution in [3.63, 3.8) is 0 Å². The van der Waals surface area contributed by atoms with Crippen LogP contribution in [0.5, 0.6) is 0 Å². The molecule has 1 aromatic rings. The van der Waals surface area contributed by atoms with E-state index >= 15 is 0 Å². The number of carbonyl (C=O) groups is 1. The average molecular weight is 284 g/mol. The molecule has 0 bridgehead atoms. The van der Waals surface area contributed by atoms with E-state index in [9.17, 15) is 4.79 Å². The largest absolute Gasteiger partial charge is 0.369 e. The molecule has 1 aromatic heterocycles. The molecule has 0 fully saturated rings. The van der Waals surface area contributed by atoms with Crippen LogP contribution in [0.4, 0.5) is 5.82 Å². The molecule has 0 saturated heterocycles. The molecule has 1 rings (SSSR count). The number of hydrogen-bond acceptors (Lipinski definition) is 3. The molecule has 0 radical (unpaired) electrons. The zero-order valence-corrected chi connectivity index (χ0v) is 12.8. The van der Waals surface area contributed by atoms with E-state index in [-0.39, 0.29) is 11.9 Å². The quantitative estimate of drug-likeness (QED) is 0.870. The Balaban J connectivity index is 2.91. The number of amides is 1. The number of halogens is 1. The van der Waals surface area contributed by atoms with Crippen LogP contribution in [0, 0.1) is 0 Å². The van der Waals surface area contributed by atoms with Crippen LogP contribution in [0.2, 0.25) is 5.02 Å². The Morgan fingerprint density at radius 2 is 2.05 bits per heavy atom. The minimum Gasteiger partial charge on any atom is -0.369 e. The van der Waals surface area contributed by atoms with Crippen molar-refractivity contribution in [2.24, 2.45) is 0 Å². The van der Waals surface area contributed by atoms with Crippen molar-refractivity contribution in [2.45, 2.75) is 39.7 Å². The SMILES string of the molecule is CCNc1ncc(C(=O)N(C)C(CC)CC)cc1Cl. The molecule has 19 heavy (non-hydrogen) atoms. The molecule has 0 unspecified atom stereocenters. The van der Waals surface area contributed by atoms with Crippen molar-refractivity contribution in [1.29, 1.82) is 0 Å². The predicted octanol–water partition coefficient (Wildman–Crippen LogP) is 3.43. The van der Waals surface area contributed by atoms with Crippen LogP contribution in [0.3, 0.4) is 0 Å². The first-order valence-corrected chi connectivity index (χ1v) is 7.09. The van der Waals surface area contributed by atoms with Crippen LogP contribution in [0.1, 0.15) is 44.0 Å². The lowest BCUT2D eigenvalue weighted by Gasteiger charge is -2.26. The standard InChI is InChI=1S/C14H22ClN3O/c1-5-11(6-2)18(4)14(19)10-8-12(15)13(16-7-3)17-9-10/h8-9,11H,5-7H2,1-4H3,(H,16,17). The third kappa shape index (κ3) is 3.83. The van der Waals surface area contributed by atoms with E-state index in [4.69, 9.17) is 11.6 Å². The first-order chi connectivity index (χ1) is 9.04. The molecule has 0 aromatic carbocycles. The minimum atomic E-state index is -0.0360. The molecule has 0 aliphatic carbocycles. The summed E-state index contributed by atoms with van der Waals surface area (Å²) < 4.78 is 0. The molecule has 4 nitrogen and oxygen atoms in total. The number of pyridine rings is 1. The van der Waals surface area contributed by atoms with Crippen LogP contribution < -0.4 is 5.32 Å². The van der Waals surface area contributed by atoms with Gasteiger partial charge in [0.1, 0.15) is 5.82 Å². The van der Waals surface area contributed by atoms with Crippen LogP contribution >= 0.6 is 11.6 Å². The maximum absolute atomic E-state index is 12.3. The maximum atomic E-state index is 12.3. The fourth-order valence-electron chi connectivity index (χ4n) is 2.06. The molecule has 0 atom stereocenters. The Kier molecular flexibility index (Phi) is 6.09. The highest BCUT2D eigenvalue weighted by atomic mass is 35.5. The molecule has 1 N–H and O–H groups in total. The first kappa shape index (κ1) is 15.8. The lowest BCUT2D eigenvalue weighted by atomic mass is 10.1. The summed E-state index contributed by atoms with van der Waals surface area (Å²) in [5.74, 6) is 0.581. The van der Waals surface area contributed by atoms with Crippen molar-refractivity contribution >= 4 is 23.3 Å². The zero-order chi connectivity index (χ0) is 14.4. The highest BCUT2D eigenvalue weighted by Crippen LogP contribution is 2.21. The van der Waals surface area contributed by atoms with E-state index in [0.717, 1.165) is 19.4 Å². The van der Waals surface area contributed by atoms with E-state index < -0.39 is 0 Å². The van der Waals surface area contributed by atoms with Crippen molar-refractivity contribution < 1.29 is 4.79 Å². The summed E-state index contributed by atoms with van der Waals surface area (Å²) in [7, 11) is 1.83. The van der Waals surface area contributed by atoms with E-state index in [2.05, 4.69) is 24.1 Å². The maximum Gasteiger partial charge on any atom is 0.255 e. The molecule has 1 amide bonds. The Bertz CT molecular complexity index is 433. The molecule has 0 aliphatic rings. The van der Waals surface area contributed by atoms with Gasteiger partial charge in [-0.3, -0.25) is 4.79 Å². The monoisotopic (exact) mass is 283 g/mol. The summed E-state index contributed by atoms with van der Waals surface area (Å²) in [5, 5.41) is 3.53. The number of nitrogens with one attached hydrogen (secondary N) is 1. The van der Waals surface area contributed by atoms with Gasteiger partial charge in [-0.05, 0) is 25.8 Å². The number of hydrogen-bond donors (Lipinski definition) is 1. The minimum absolute atomic E-state index is 0.0360. The Morgan fingerprint density at radius 1 is 1.42 bits per heavy atom. The molecule has 106 valence electrons. The van der Waals surface area contributed by atoms with Crippen LogP contribution in [-0.4, -0.2) is 35.4 Å². The lowest BCUT2D eigenvalue weighted by Crippen LogP contribution is -2.36. The highest BCUT2D eigenvalue weighted by Gasteiger charge is 2.19. The molecule has 5 heteroatoms. The van der Waals surface area contributed by atoms with E-state index in [0.29, 0.717) is 16.4 Å². The fraction of sp³-hybridized carbons (Fsp3) is 0.571. The van der Waals surface area contributed by atoms with Crippen LogP contribution in [0.15, 0.2) is 12.3 Å². The highest BCUT2D eigenvalue weighted by molar-refractivity contribution is 6.33. The van der Waals surface area contributed by atoms with Crippen LogP contribution in [-0.2, 0) is 0 Å². The van der Waals surface area contributed by atoms with Gasteiger partial charge in [-0.1, -0.05) is 25.4 Å². The van der Waals surface area contributed by atoms with Crippen LogP contribution in [0.25, 0.3) is 0 Å². The van der Waals surface area contributed by atoms with Gasteiger partial charge in [-0.2, -0.15) is 0 Å². The molecule has 1 heterocycles. The van der Waals surface area contributed by atoms with Gasteiger partial charge in [-0.25, -0.2) is 4.98 Å². The van der Waals surface area contributed by atoms with Crippen molar-refractivity contribution in [1.82, 2.24) is 9.88 Å². The average Bonchev–Trinajstić information content (AvgIpc) is 2.41. The Hall–Kier alpha value is -1.29. The summed E-state index contributed by atoms with van der Waals surface area (Å²) in [5.41, 5.74) is 0.529. The van der Waals surface area contributed by atoms with Gasteiger partial charge >= 0.3 is 0 Å². The van der Waals surface area contributed by atoms with Gasteiger partial charge < -0.3 is 10.2 Å². The number of nitrogens with zero attached hydrogens (tertiary/aromatic N) is 2. The molecular weight excluding hydrogens is 262 g/mol. The third-order valence-corrected chi connectivity index (χ3v) is 3.53. The second-order valence-corrected chi connectivity index (χ2v) is 4.88. The molecular formula is C14H22ClN3O. The second kappa shape index (κ2) is 7.34. The summed E-state index contributed by atoms with van der Waals surface area (Å²) in [6.45, 7) is 6.88. The first-order valence-electron chi connectivity index (χ1n) is 6.71. The Morgan fingerprint density at radius 3 is 2.53 bits per heavy atom. The normalized spacial score (nSPS) is 10.6. The third-order valence-electron chi connectivity index (χ3n) is 3.24. The van der Waals surface area contributed by atoms with Gasteiger partial charge in [0.25, 0.3) is 5.91 Å². The van der Waals surface area contributed by atoms with Gasteiger partial charge in [0.15, 0.2) is 0 Å². The summed E-state index contributed by atoms with van der Waals surface area (Å²) in [4.78, 5) is 18.3. The topological polar surface area (TPSA) is 45.2 Å². The van der Waals surface area contributed by atoms with Gasteiger partial charge in [0.2, 0.25) is 0 Å². The second-order valence-electron chi connectivity index (χ2n) is 4.47. The summed E-state index contributed by atoms with van der Waals surface area (Å²) in [6.07, 6.45) is 3.45. The predicted molar refractivity (Wildman–Crippen MR) is 79.9 cm³/mol. The summed E-state index contributed by atoms with van der Waals surface area (Å²) >= 11 is 6.11. The zero-order valence-electron chi connectivity index (χ0n) is 12.0. The molecule has 0 saturated carbocycles.